The van der Waals surface area contributed by atoms with Crippen molar-refractivity contribution in [2.75, 3.05) is 32.6 Å². The number of carbonyl (C=O) groups excluding carboxylic acids is 1. The number of nitrogens with one attached hydrogen (secondary N) is 1. The van der Waals surface area contributed by atoms with Crippen LogP contribution in [0.4, 0.5) is 10.5 Å². The van der Waals surface area contributed by atoms with E-state index in [1.54, 1.807) is 31.2 Å². The van der Waals surface area contributed by atoms with Gasteiger partial charge in [0.15, 0.2) is 0 Å². The Morgan fingerprint density at radius 1 is 1.05 bits per heavy atom. The molecule has 0 radical (unpaired) electrons. The maximum Gasteiger partial charge on any atom is 0.321 e. The zero-order valence-electron chi connectivity index (χ0n) is 12.8. The molecule has 0 spiro atoms. The lowest BCUT2D eigenvalue weighted by molar-refractivity contribution is 0.165. The molecule has 0 atom stereocenters. The van der Waals surface area contributed by atoms with E-state index in [1.807, 2.05) is 42.5 Å². The minimum absolute atomic E-state index is 0.172. The van der Waals surface area contributed by atoms with Gasteiger partial charge in [-0.05, 0) is 36.4 Å². The molecule has 0 aliphatic rings. The molecule has 0 unspecified atom stereocenters. The second-order valence-corrected chi connectivity index (χ2v) is 4.78. The first-order chi connectivity index (χ1) is 10.7. The zero-order chi connectivity index (χ0) is 15.8. The second-order valence-electron chi connectivity index (χ2n) is 4.78. The molecule has 116 valence electrons. The van der Waals surface area contributed by atoms with Crippen molar-refractivity contribution in [3.63, 3.8) is 0 Å². The molecule has 0 fully saturated rings. The highest BCUT2D eigenvalue weighted by molar-refractivity contribution is 5.89. The van der Waals surface area contributed by atoms with Crippen LogP contribution in [0.1, 0.15) is 0 Å². The van der Waals surface area contributed by atoms with Crippen molar-refractivity contribution >= 4 is 11.7 Å². The van der Waals surface area contributed by atoms with E-state index in [0.29, 0.717) is 13.2 Å². The van der Waals surface area contributed by atoms with Crippen LogP contribution in [-0.4, -0.2) is 38.2 Å². The van der Waals surface area contributed by atoms with Gasteiger partial charge in [0, 0.05) is 26.4 Å². The van der Waals surface area contributed by atoms with Gasteiger partial charge in [0.05, 0.1) is 6.61 Å². The minimum atomic E-state index is -0.172. The Morgan fingerprint density at radius 3 is 2.32 bits per heavy atom. The number of methoxy groups -OCH3 is 1. The third-order valence-corrected chi connectivity index (χ3v) is 3.06. The summed E-state index contributed by atoms with van der Waals surface area (Å²) in [5, 5.41) is 2.82. The molecule has 2 amide bonds. The van der Waals surface area contributed by atoms with Crippen molar-refractivity contribution in [2.45, 2.75) is 0 Å². The van der Waals surface area contributed by atoms with Gasteiger partial charge < -0.3 is 19.7 Å². The molecule has 0 heterocycles. The predicted molar refractivity (Wildman–Crippen MR) is 86.5 cm³/mol. The summed E-state index contributed by atoms with van der Waals surface area (Å²) >= 11 is 0. The number of para-hydroxylation sites is 1. The van der Waals surface area contributed by atoms with Gasteiger partial charge in [-0.15, -0.1) is 0 Å². The van der Waals surface area contributed by atoms with Crippen molar-refractivity contribution in [1.82, 2.24) is 4.90 Å². The Kier molecular flexibility index (Phi) is 5.80. The topological polar surface area (TPSA) is 50.8 Å². The summed E-state index contributed by atoms with van der Waals surface area (Å²) < 4.78 is 10.6. The normalized spacial score (nSPS) is 10.1. The molecular formula is C17H20N2O3. The lowest BCUT2D eigenvalue weighted by Gasteiger charge is -2.17. The molecule has 0 aliphatic carbocycles. The van der Waals surface area contributed by atoms with Crippen LogP contribution in [0.3, 0.4) is 0 Å². The SMILES string of the molecule is COCCN(C)C(=O)Nc1ccc(Oc2ccccc2)cc1. The average Bonchev–Trinajstić information content (AvgIpc) is 2.55. The summed E-state index contributed by atoms with van der Waals surface area (Å²) in [4.78, 5) is 13.5. The fourth-order valence-electron chi connectivity index (χ4n) is 1.78. The Balaban J connectivity index is 1.90. The maximum atomic E-state index is 11.9. The number of carbonyl (C=O) groups is 1. The standard InChI is InChI=1S/C17H20N2O3/c1-19(12-13-21-2)17(20)18-14-8-10-16(11-9-14)22-15-6-4-3-5-7-15/h3-11H,12-13H2,1-2H3,(H,18,20). The van der Waals surface area contributed by atoms with Gasteiger partial charge in [-0.2, -0.15) is 0 Å². The number of urea groups is 1. The van der Waals surface area contributed by atoms with Crippen LogP contribution in [0.15, 0.2) is 54.6 Å². The number of anilines is 1. The van der Waals surface area contributed by atoms with E-state index < -0.39 is 0 Å². The summed E-state index contributed by atoms with van der Waals surface area (Å²) in [6.07, 6.45) is 0. The molecule has 0 saturated carbocycles. The van der Waals surface area contributed by atoms with E-state index in [0.717, 1.165) is 17.2 Å². The summed E-state index contributed by atoms with van der Waals surface area (Å²) in [7, 11) is 3.33. The van der Waals surface area contributed by atoms with E-state index in [1.165, 1.54) is 0 Å². The Bertz CT molecular complexity index is 585. The summed E-state index contributed by atoms with van der Waals surface area (Å²) in [6.45, 7) is 1.05. The van der Waals surface area contributed by atoms with Crippen molar-refractivity contribution in [2.24, 2.45) is 0 Å². The van der Waals surface area contributed by atoms with Crippen molar-refractivity contribution in [3.05, 3.63) is 54.6 Å². The lowest BCUT2D eigenvalue weighted by atomic mass is 10.3. The largest absolute Gasteiger partial charge is 0.457 e. The highest BCUT2D eigenvalue weighted by Gasteiger charge is 2.08. The predicted octanol–water partition coefficient (Wildman–Crippen LogP) is 3.59. The van der Waals surface area contributed by atoms with E-state index in [2.05, 4.69) is 5.32 Å². The van der Waals surface area contributed by atoms with Gasteiger partial charge in [0.25, 0.3) is 0 Å². The molecule has 1 N–H and O–H groups in total. The molecule has 0 bridgehead atoms. The smallest absolute Gasteiger partial charge is 0.321 e. The zero-order valence-corrected chi connectivity index (χ0v) is 12.8. The van der Waals surface area contributed by atoms with Crippen LogP contribution in [0, 0.1) is 0 Å². The molecule has 5 heteroatoms. The monoisotopic (exact) mass is 300 g/mol. The number of nitrogens with zero attached hydrogens (tertiary/aromatic N) is 1. The Morgan fingerprint density at radius 2 is 1.68 bits per heavy atom. The number of benzene rings is 2. The minimum Gasteiger partial charge on any atom is -0.457 e. The van der Waals surface area contributed by atoms with Gasteiger partial charge in [0.1, 0.15) is 11.5 Å². The molecule has 2 aromatic rings. The number of ether oxygens (including phenoxy) is 2. The summed E-state index contributed by atoms with van der Waals surface area (Å²) in [5.74, 6) is 1.50. The first-order valence-electron chi connectivity index (χ1n) is 7.03. The number of hydrogen-bond acceptors (Lipinski definition) is 3. The van der Waals surface area contributed by atoms with Crippen LogP contribution in [0.25, 0.3) is 0 Å². The number of hydrogen-bond donors (Lipinski definition) is 1. The van der Waals surface area contributed by atoms with Gasteiger partial charge in [0.2, 0.25) is 0 Å². The van der Waals surface area contributed by atoms with Crippen molar-refractivity contribution in [1.29, 1.82) is 0 Å². The highest BCUT2D eigenvalue weighted by Crippen LogP contribution is 2.22. The van der Waals surface area contributed by atoms with E-state index >= 15 is 0 Å². The quantitative estimate of drug-likeness (QED) is 0.887. The van der Waals surface area contributed by atoms with Gasteiger partial charge in [-0.1, -0.05) is 18.2 Å². The number of likely N-dealkylation sites (N-methyl/N-ethyl adjacent to an activating group) is 1. The fourth-order valence-corrected chi connectivity index (χ4v) is 1.78. The number of amides is 2. The first kappa shape index (κ1) is 15.9. The molecule has 0 aromatic heterocycles. The molecule has 2 aromatic carbocycles. The van der Waals surface area contributed by atoms with Gasteiger partial charge in [-0.3, -0.25) is 0 Å². The van der Waals surface area contributed by atoms with E-state index in [-0.39, 0.29) is 6.03 Å². The van der Waals surface area contributed by atoms with Crippen LogP contribution >= 0.6 is 0 Å². The molecule has 5 nitrogen and oxygen atoms in total. The second kappa shape index (κ2) is 8.05. The first-order valence-corrected chi connectivity index (χ1v) is 7.03. The molecule has 2 rings (SSSR count). The van der Waals surface area contributed by atoms with Crippen LogP contribution < -0.4 is 10.1 Å². The van der Waals surface area contributed by atoms with Gasteiger partial charge >= 0.3 is 6.03 Å². The van der Waals surface area contributed by atoms with Gasteiger partial charge in [-0.25, -0.2) is 4.79 Å². The van der Waals surface area contributed by atoms with Crippen LogP contribution in [-0.2, 0) is 4.74 Å². The molecule has 22 heavy (non-hydrogen) atoms. The van der Waals surface area contributed by atoms with Crippen LogP contribution in [0.2, 0.25) is 0 Å². The third-order valence-electron chi connectivity index (χ3n) is 3.06. The molecule has 0 aliphatic heterocycles. The van der Waals surface area contributed by atoms with E-state index in [9.17, 15) is 4.79 Å². The third kappa shape index (κ3) is 4.79. The van der Waals surface area contributed by atoms with Crippen molar-refractivity contribution < 1.29 is 14.3 Å². The Labute approximate surface area is 130 Å². The fraction of sp³-hybridized carbons (Fsp3) is 0.235. The summed E-state index contributed by atoms with van der Waals surface area (Å²) in [5.41, 5.74) is 0.717. The Hall–Kier alpha value is -2.53. The van der Waals surface area contributed by atoms with Crippen molar-refractivity contribution in [3.8, 4) is 11.5 Å². The summed E-state index contributed by atoms with van der Waals surface area (Å²) in [6, 6.07) is 16.6. The average molecular weight is 300 g/mol. The van der Waals surface area contributed by atoms with Crippen LogP contribution in [0.5, 0.6) is 11.5 Å². The molecular weight excluding hydrogens is 280 g/mol. The van der Waals surface area contributed by atoms with E-state index in [4.69, 9.17) is 9.47 Å². The highest BCUT2D eigenvalue weighted by atomic mass is 16.5. The maximum absolute atomic E-state index is 11.9. The lowest BCUT2D eigenvalue weighted by Crippen LogP contribution is -2.33. The molecule has 0 saturated heterocycles. The number of rotatable bonds is 6.